The van der Waals surface area contributed by atoms with Crippen LogP contribution >= 0.6 is 0 Å². The third-order valence-corrected chi connectivity index (χ3v) is 4.92. The van der Waals surface area contributed by atoms with Gasteiger partial charge < -0.3 is 9.52 Å². The predicted molar refractivity (Wildman–Crippen MR) is 91.9 cm³/mol. The maximum absolute atomic E-state index is 12.2. The fraction of sp³-hybridized carbons (Fsp3) is 0.412. The number of hydrogen-bond donors (Lipinski definition) is 1. The fourth-order valence-corrected chi connectivity index (χ4v) is 3.43. The van der Waals surface area contributed by atoms with E-state index in [-0.39, 0.29) is 12.5 Å². The van der Waals surface area contributed by atoms with Crippen LogP contribution in [0.25, 0.3) is 11.1 Å². The van der Waals surface area contributed by atoms with Crippen molar-refractivity contribution >= 4 is 15.9 Å². The molecule has 0 fully saturated rings. The Labute approximate surface area is 137 Å². The minimum Gasteiger partial charge on any atom is -0.441 e. The van der Waals surface area contributed by atoms with Gasteiger partial charge in [0.25, 0.3) is 0 Å². The van der Waals surface area contributed by atoms with Crippen molar-refractivity contribution in [1.29, 1.82) is 0 Å². The van der Waals surface area contributed by atoms with E-state index in [9.17, 15) is 13.5 Å². The van der Waals surface area contributed by atoms with Gasteiger partial charge in [0.1, 0.15) is 12.4 Å². The standard InChI is InChI=1S/C17H23NO4S/c1-4-5-11-18(23(3,20)21)17-16(13(2)15(12-19)22-17)14-9-7-6-8-10-14/h6-10,19H,4-5,11-12H2,1-3H3. The predicted octanol–water partition coefficient (Wildman–Crippen LogP) is 3.31. The van der Waals surface area contributed by atoms with Crippen LogP contribution in [0.3, 0.4) is 0 Å². The van der Waals surface area contributed by atoms with Crippen molar-refractivity contribution in [3.05, 3.63) is 41.7 Å². The molecule has 0 radical (unpaired) electrons. The third kappa shape index (κ3) is 3.76. The summed E-state index contributed by atoms with van der Waals surface area (Å²) >= 11 is 0. The average molecular weight is 337 g/mol. The third-order valence-electron chi connectivity index (χ3n) is 3.77. The second-order valence-corrected chi connectivity index (χ2v) is 7.45. The van der Waals surface area contributed by atoms with Crippen LogP contribution in [0.2, 0.25) is 0 Å². The van der Waals surface area contributed by atoms with Crippen molar-refractivity contribution in [2.45, 2.75) is 33.3 Å². The Morgan fingerprint density at radius 1 is 1.22 bits per heavy atom. The van der Waals surface area contributed by atoms with Gasteiger partial charge in [0, 0.05) is 17.7 Å². The van der Waals surface area contributed by atoms with Crippen molar-refractivity contribution in [3.8, 4) is 11.1 Å². The Morgan fingerprint density at radius 2 is 1.87 bits per heavy atom. The summed E-state index contributed by atoms with van der Waals surface area (Å²) in [5.41, 5.74) is 2.35. The number of rotatable bonds is 7. The van der Waals surface area contributed by atoms with Gasteiger partial charge in [-0.2, -0.15) is 0 Å². The van der Waals surface area contributed by atoms with Gasteiger partial charge in [-0.25, -0.2) is 12.7 Å². The minimum absolute atomic E-state index is 0.267. The van der Waals surface area contributed by atoms with E-state index in [0.717, 1.165) is 29.5 Å². The molecule has 6 heteroatoms. The zero-order valence-electron chi connectivity index (χ0n) is 13.7. The molecule has 0 spiro atoms. The molecule has 2 aromatic rings. The molecule has 1 heterocycles. The van der Waals surface area contributed by atoms with Gasteiger partial charge in [-0.1, -0.05) is 43.7 Å². The number of furan rings is 1. The van der Waals surface area contributed by atoms with Crippen molar-refractivity contribution in [3.63, 3.8) is 0 Å². The van der Waals surface area contributed by atoms with Crippen LogP contribution in [0, 0.1) is 6.92 Å². The van der Waals surface area contributed by atoms with Crippen LogP contribution in [-0.2, 0) is 16.6 Å². The molecule has 0 atom stereocenters. The quantitative estimate of drug-likeness (QED) is 0.841. The molecule has 0 saturated carbocycles. The molecule has 2 rings (SSSR count). The van der Waals surface area contributed by atoms with Crippen LogP contribution in [0.1, 0.15) is 31.1 Å². The highest BCUT2D eigenvalue weighted by atomic mass is 32.2. The van der Waals surface area contributed by atoms with E-state index in [2.05, 4.69) is 0 Å². The number of anilines is 1. The van der Waals surface area contributed by atoms with Gasteiger partial charge >= 0.3 is 0 Å². The Morgan fingerprint density at radius 3 is 2.39 bits per heavy atom. The van der Waals surface area contributed by atoms with Gasteiger partial charge in [0.05, 0.1) is 6.26 Å². The summed E-state index contributed by atoms with van der Waals surface area (Å²) in [6.45, 7) is 3.93. The summed E-state index contributed by atoms with van der Waals surface area (Å²) in [6.07, 6.45) is 2.78. The molecule has 0 aliphatic heterocycles. The molecule has 1 aromatic carbocycles. The average Bonchev–Trinajstić information content (AvgIpc) is 2.83. The number of aliphatic hydroxyl groups is 1. The lowest BCUT2D eigenvalue weighted by atomic mass is 10.0. The monoisotopic (exact) mass is 337 g/mol. The maximum atomic E-state index is 12.2. The van der Waals surface area contributed by atoms with Crippen LogP contribution in [0.15, 0.2) is 34.7 Å². The second kappa shape index (κ2) is 7.19. The van der Waals surface area contributed by atoms with E-state index in [4.69, 9.17) is 4.42 Å². The number of sulfonamides is 1. The van der Waals surface area contributed by atoms with E-state index < -0.39 is 10.0 Å². The number of hydrogen-bond acceptors (Lipinski definition) is 4. The van der Waals surface area contributed by atoms with Crippen molar-refractivity contribution in [2.75, 3.05) is 17.1 Å². The van der Waals surface area contributed by atoms with Crippen molar-refractivity contribution < 1.29 is 17.9 Å². The van der Waals surface area contributed by atoms with Crippen LogP contribution in [0.5, 0.6) is 0 Å². The smallest absolute Gasteiger partial charge is 0.234 e. The molecule has 0 aliphatic carbocycles. The van der Waals surface area contributed by atoms with E-state index in [1.165, 1.54) is 10.6 Å². The number of aliphatic hydroxyl groups excluding tert-OH is 1. The van der Waals surface area contributed by atoms with Crippen molar-refractivity contribution in [2.24, 2.45) is 0 Å². The summed E-state index contributed by atoms with van der Waals surface area (Å²) < 4.78 is 31.5. The van der Waals surface area contributed by atoms with E-state index in [1.54, 1.807) is 0 Å². The molecule has 0 unspecified atom stereocenters. The van der Waals surface area contributed by atoms with Crippen molar-refractivity contribution in [1.82, 2.24) is 0 Å². The van der Waals surface area contributed by atoms with E-state index in [0.29, 0.717) is 12.3 Å². The fourth-order valence-electron chi connectivity index (χ4n) is 2.54. The first kappa shape index (κ1) is 17.6. The lowest BCUT2D eigenvalue weighted by molar-refractivity contribution is 0.247. The van der Waals surface area contributed by atoms with Crippen LogP contribution in [0.4, 0.5) is 5.88 Å². The van der Waals surface area contributed by atoms with E-state index in [1.807, 2.05) is 44.2 Å². The highest BCUT2D eigenvalue weighted by Crippen LogP contribution is 2.39. The first-order chi connectivity index (χ1) is 10.9. The Bertz CT molecular complexity index is 750. The summed E-state index contributed by atoms with van der Waals surface area (Å²) in [5.74, 6) is 0.678. The van der Waals surface area contributed by atoms with Crippen LogP contribution < -0.4 is 4.31 Å². The van der Waals surface area contributed by atoms with Gasteiger partial charge in [0.2, 0.25) is 15.9 Å². The number of benzene rings is 1. The largest absolute Gasteiger partial charge is 0.441 e. The topological polar surface area (TPSA) is 70.8 Å². The molecule has 0 aliphatic rings. The first-order valence-corrected chi connectivity index (χ1v) is 9.51. The SMILES string of the molecule is CCCCN(c1oc(CO)c(C)c1-c1ccccc1)S(C)(=O)=O. The summed E-state index contributed by atoms with van der Waals surface area (Å²) in [4.78, 5) is 0. The lowest BCUT2D eigenvalue weighted by Crippen LogP contribution is -2.30. The summed E-state index contributed by atoms with van der Waals surface area (Å²) in [6, 6.07) is 9.49. The molecule has 126 valence electrons. The minimum atomic E-state index is -3.47. The zero-order chi connectivity index (χ0) is 17.0. The second-order valence-electron chi connectivity index (χ2n) is 5.54. The molecular weight excluding hydrogens is 314 g/mol. The van der Waals surface area contributed by atoms with E-state index >= 15 is 0 Å². The molecule has 5 nitrogen and oxygen atoms in total. The Kier molecular flexibility index (Phi) is 5.49. The van der Waals surface area contributed by atoms with Gasteiger partial charge in [-0.3, -0.25) is 0 Å². The molecule has 1 N–H and O–H groups in total. The molecule has 0 amide bonds. The lowest BCUT2D eigenvalue weighted by Gasteiger charge is -2.21. The molecule has 0 bridgehead atoms. The summed E-state index contributed by atoms with van der Waals surface area (Å²) in [7, 11) is -3.47. The summed E-state index contributed by atoms with van der Waals surface area (Å²) in [5, 5.41) is 9.50. The van der Waals surface area contributed by atoms with Crippen LogP contribution in [-0.4, -0.2) is 26.3 Å². The molecule has 23 heavy (non-hydrogen) atoms. The Hall–Kier alpha value is -1.79. The number of nitrogens with zero attached hydrogens (tertiary/aromatic N) is 1. The van der Waals surface area contributed by atoms with Gasteiger partial charge in [-0.15, -0.1) is 0 Å². The highest BCUT2D eigenvalue weighted by Gasteiger charge is 2.27. The highest BCUT2D eigenvalue weighted by molar-refractivity contribution is 7.92. The Balaban J connectivity index is 2.64. The first-order valence-electron chi connectivity index (χ1n) is 7.66. The maximum Gasteiger partial charge on any atom is 0.234 e. The van der Waals surface area contributed by atoms with Gasteiger partial charge in [-0.05, 0) is 18.9 Å². The number of unbranched alkanes of at least 4 members (excludes halogenated alkanes) is 1. The molecule has 0 saturated heterocycles. The normalized spacial score (nSPS) is 11.7. The zero-order valence-corrected chi connectivity index (χ0v) is 14.6. The van der Waals surface area contributed by atoms with Gasteiger partial charge in [0.15, 0.2) is 0 Å². The molecule has 1 aromatic heterocycles. The molecular formula is C17H23NO4S.